The molecule has 5 nitrogen and oxygen atoms in total. The fraction of sp³-hybridized carbons (Fsp3) is 0.385. The Labute approximate surface area is 105 Å². The number of nitriles is 1. The van der Waals surface area contributed by atoms with Gasteiger partial charge in [0, 0.05) is 19.4 Å². The van der Waals surface area contributed by atoms with Crippen molar-refractivity contribution < 1.29 is 14.3 Å². The van der Waals surface area contributed by atoms with Gasteiger partial charge in [-0.15, -0.1) is 0 Å². The predicted molar refractivity (Wildman–Crippen MR) is 64.1 cm³/mol. The molecule has 0 bridgehead atoms. The van der Waals surface area contributed by atoms with Crippen molar-refractivity contribution in [2.24, 2.45) is 0 Å². The van der Waals surface area contributed by atoms with Crippen molar-refractivity contribution >= 4 is 5.91 Å². The zero-order valence-electron chi connectivity index (χ0n) is 9.94. The van der Waals surface area contributed by atoms with Gasteiger partial charge in [0.1, 0.15) is 13.2 Å². The van der Waals surface area contributed by atoms with E-state index in [2.05, 4.69) is 5.32 Å². The van der Waals surface area contributed by atoms with Crippen LogP contribution in [0.3, 0.4) is 0 Å². The molecule has 18 heavy (non-hydrogen) atoms. The second-order valence-corrected chi connectivity index (χ2v) is 3.91. The van der Waals surface area contributed by atoms with Crippen molar-refractivity contribution in [3.8, 4) is 17.6 Å². The Kier molecular flexibility index (Phi) is 4.02. The third-order valence-electron chi connectivity index (χ3n) is 2.56. The molecule has 0 fully saturated rings. The number of amides is 1. The summed E-state index contributed by atoms with van der Waals surface area (Å²) in [5, 5.41) is 11.1. The van der Waals surface area contributed by atoms with E-state index in [1.165, 1.54) is 0 Å². The van der Waals surface area contributed by atoms with E-state index in [1.807, 2.05) is 24.3 Å². The number of ether oxygens (including phenoxy) is 2. The zero-order valence-corrected chi connectivity index (χ0v) is 9.94. The maximum absolute atomic E-state index is 11.3. The van der Waals surface area contributed by atoms with E-state index in [4.69, 9.17) is 14.7 Å². The van der Waals surface area contributed by atoms with Crippen LogP contribution in [0.2, 0.25) is 0 Å². The van der Waals surface area contributed by atoms with Gasteiger partial charge in [0.2, 0.25) is 5.91 Å². The average Bonchev–Trinajstić information content (AvgIpc) is 2.42. The monoisotopic (exact) mass is 246 g/mol. The maximum Gasteiger partial charge on any atom is 0.221 e. The number of carbonyl (C=O) groups excluding carboxylic acids is 1. The van der Waals surface area contributed by atoms with Crippen molar-refractivity contribution in [1.29, 1.82) is 5.26 Å². The van der Waals surface area contributed by atoms with E-state index >= 15 is 0 Å². The maximum atomic E-state index is 11.3. The molecular weight excluding hydrogens is 232 g/mol. The van der Waals surface area contributed by atoms with Crippen molar-refractivity contribution in [3.05, 3.63) is 23.8 Å². The van der Waals surface area contributed by atoms with E-state index in [-0.39, 0.29) is 18.7 Å². The Hall–Kier alpha value is -2.22. The predicted octanol–water partition coefficient (Wildman–Crippen LogP) is 1.38. The zero-order chi connectivity index (χ0) is 12.8. The molecule has 1 aliphatic heterocycles. The molecular formula is C13H14N2O3. The third kappa shape index (κ3) is 3.14. The van der Waals surface area contributed by atoms with Gasteiger partial charge < -0.3 is 14.8 Å². The van der Waals surface area contributed by atoms with Crippen molar-refractivity contribution in [2.45, 2.75) is 19.4 Å². The number of benzene rings is 1. The van der Waals surface area contributed by atoms with Gasteiger partial charge in [0.05, 0.1) is 6.07 Å². The number of fused-ring (bicyclic) bond motifs is 1. The Morgan fingerprint density at radius 3 is 2.89 bits per heavy atom. The minimum atomic E-state index is -0.119. The molecule has 1 aliphatic rings. The highest BCUT2D eigenvalue weighted by molar-refractivity contribution is 5.76. The van der Waals surface area contributed by atoms with Gasteiger partial charge in [-0.3, -0.25) is 4.79 Å². The largest absolute Gasteiger partial charge is 0.486 e. The molecule has 1 aromatic rings. The molecule has 1 aromatic carbocycles. The molecule has 0 radical (unpaired) electrons. The molecule has 0 atom stereocenters. The Balaban J connectivity index is 1.90. The standard InChI is InChI=1S/C13H14N2O3/c14-5-1-2-13(16)15-9-10-3-4-11-12(8-10)18-7-6-17-11/h3-4,8H,1-2,6-7,9H2,(H,15,16). The summed E-state index contributed by atoms with van der Waals surface area (Å²) in [6, 6.07) is 7.53. The van der Waals surface area contributed by atoms with E-state index in [0.717, 1.165) is 11.3 Å². The average molecular weight is 246 g/mol. The summed E-state index contributed by atoms with van der Waals surface area (Å²) in [4.78, 5) is 11.3. The number of carbonyl (C=O) groups is 1. The molecule has 1 N–H and O–H groups in total. The first kappa shape index (κ1) is 12.2. The van der Waals surface area contributed by atoms with Crippen LogP contribution >= 0.6 is 0 Å². The molecule has 0 aliphatic carbocycles. The second kappa shape index (κ2) is 5.92. The lowest BCUT2D eigenvalue weighted by Gasteiger charge is -2.18. The number of hydrogen-bond donors (Lipinski definition) is 1. The van der Waals surface area contributed by atoms with Gasteiger partial charge in [0.15, 0.2) is 11.5 Å². The molecule has 0 saturated carbocycles. The minimum absolute atomic E-state index is 0.119. The van der Waals surface area contributed by atoms with Gasteiger partial charge in [0.25, 0.3) is 0 Å². The summed E-state index contributed by atoms with van der Waals surface area (Å²) < 4.78 is 10.9. The highest BCUT2D eigenvalue weighted by Crippen LogP contribution is 2.30. The summed E-state index contributed by atoms with van der Waals surface area (Å²) >= 11 is 0. The van der Waals surface area contributed by atoms with Gasteiger partial charge in [-0.05, 0) is 17.7 Å². The lowest BCUT2D eigenvalue weighted by Crippen LogP contribution is -2.22. The lowest BCUT2D eigenvalue weighted by molar-refractivity contribution is -0.121. The van der Waals surface area contributed by atoms with E-state index < -0.39 is 0 Å². The van der Waals surface area contributed by atoms with Crippen LogP contribution in [0.5, 0.6) is 11.5 Å². The number of nitrogens with one attached hydrogen (secondary N) is 1. The molecule has 5 heteroatoms. The SMILES string of the molecule is N#CCCC(=O)NCc1ccc2c(c1)OCCO2. The lowest BCUT2D eigenvalue weighted by atomic mass is 10.2. The summed E-state index contributed by atoms with van der Waals surface area (Å²) in [5.41, 5.74) is 0.949. The third-order valence-corrected chi connectivity index (χ3v) is 2.56. The molecule has 1 amide bonds. The van der Waals surface area contributed by atoms with Crippen LogP contribution < -0.4 is 14.8 Å². The molecule has 1 heterocycles. The highest BCUT2D eigenvalue weighted by atomic mass is 16.6. The van der Waals surface area contributed by atoms with Gasteiger partial charge >= 0.3 is 0 Å². The summed E-state index contributed by atoms with van der Waals surface area (Å²) in [5.74, 6) is 1.33. The molecule has 0 aromatic heterocycles. The Morgan fingerprint density at radius 1 is 1.33 bits per heavy atom. The fourth-order valence-corrected chi connectivity index (χ4v) is 1.66. The number of rotatable bonds is 4. The summed E-state index contributed by atoms with van der Waals surface area (Å²) in [6.07, 6.45) is 0.480. The van der Waals surface area contributed by atoms with Gasteiger partial charge in [-0.2, -0.15) is 5.26 Å². The number of nitrogens with zero attached hydrogens (tertiary/aromatic N) is 1. The van der Waals surface area contributed by atoms with E-state index in [1.54, 1.807) is 0 Å². The van der Waals surface area contributed by atoms with Crippen LogP contribution in [-0.4, -0.2) is 19.1 Å². The van der Waals surface area contributed by atoms with Gasteiger partial charge in [-0.1, -0.05) is 6.07 Å². The van der Waals surface area contributed by atoms with Crippen molar-refractivity contribution in [3.63, 3.8) is 0 Å². The fourth-order valence-electron chi connectivity index (χ4n) is 1.66. The molecule has 0 saturated heterocycles. The van der Waals surface area contributed by atoms with Crippen LogP contribution in [0.4, 0.5) is 0 Å². The normalized spacial score (nSPS) is 12.6. The highest BCUT2D eigenvalue weighted by Gasteiger charge is 2.11. The Morgan fingerprint density at radius 2 is 2.11 bits per heavy atom. The molecule has 0 unspecified atom stereocenters. The van der Waals surface area contributed by atoms with Crippen LogP contribution in [0.1, 0.15) is 18.4 Å². The summed E-state index contributed by atoms with van der Waals surface area (Å²) in [6.45, 7) is 1.54. The Bertz CT molecular complexity index is 480. The smallest absolute Gasteiger partial charge is 0.221 e. The summed E-state index contributed by atoms with van der Waals surface area (Å²) in [7, 11) is 0. The van der Waals surface area contributed by atoms with Gasteiger partial charge in [-0.25, -0.2) is 0 Å². The molecule has 0 spiro atoms. The topological polar surface area (TPSA) is 71.4 Å². The van der Waals surface area contributed by atoms with Crippen LogP contribution in [0.25, 0.3) is 0 Å². The molecule has 2 rings (SSSR count). The van der Waals surface area contributed by atoms with Crippen LogP contribution in [-0.2, 0) is 11.3 Å². The first-order valence-corrected chi connectivity index (χ1v) is 5.82. The van der Waals surface area contributed by atoms with E-state index in [9.17, 15) is 4.79 Å². The first-order chi connectivity index (χ1) is 8.79. The van der Waals surface area contributed by atoms with Crippen molar-refractivity contribution in [1.82, 2.24) is 5.32 Å². The first-order valence-electron chi connectivity index (χ1n) is 5.82. The van der Waals surface area contributed by atoms with Crippen LogP contribution in [0.15, 0.2) is 18.2 Å². The quantitative estimate of drug-likeness (QED) is 0.871. The van der Waals surface area contributed by atoms with Crippen molar-refractivity contribution in [2.75, 3.05) is 13.2 Å². The van der Waals surface area contributed by atoms with Crippen LogP contribution in [0, 0.1) is 11.3 Å². The molecule has 94 valence electrons. The van der Waals surface area contributed by atoms with E-state index in [0.29, 0.717) is 25.5 Å². The second-order valence-electron chi connectivity index (χ2n) is 3.91. The minimum Gasteiger partial charge on any atom is -0.486 e. The number of hydrogen-bond acceptors (Lipinski definition) is 4.